The maximum Gasteiger partial charge on any atom is 0.139 e. The third-order valence-electron chi connectivity index (χ3n) is 11.1. The molecule has 4 fully saturated rings. The van der Waals surface area contributed by atoms with E-state index in [-0.39, 0.29) is 0 Å². The van der Waals surface area contributed by atoms with Crippen molar-refractivity contribution < 1.29 is 0 Å². The Labute approximate surface area is 245 Å². The number of benzene rings is 4. The predicted molar refractivity (Wildman–Crippen MR) is 173 cm³/mol. The van der Waals surface area contributed by atoms with Crippen molar-refractivity contribution in [2.75, 3.05) is 0 Å². The quantitative estimate of drug-likeness (QED) is 0.217. The molecule has 0 spiro atoms. The highest BCUT2D eigenvalue weighted by Gasteiger charge is 2.51. The lowest BCUT2D eigenvalue weighted by molar-refractivity contribution is -0.00512. The molecule has 4 bridgehead atoms. The molecule has 3 nitrogen and oxygen atoms in total. The van der Waals surface area contributed by atoms with Crippen LogP contribution in [0.5, 0.6) is 0 Å². The Morgan fingerprint density at radius 3 is 1.67 bits per heavy atom. The molecule has 4 aliphatic carbocycles. The Kier molecular flexibility index (Phi) is 4.62. The smallest absolute Gasteiger partial charge is 0.139 e. The van der Waals surface area contributed by atoms with E-state index in [0.29, 0.717) is 5.41 Å². The highest BCUT2D eigenvalue weighted by Crippen LogP contribution is 2.61. The van der Waals surface area contributed by atoms with Crippen molar-refractivity contribution in [3.05, 3.63) is 115 Å². The van der Waals surface area contributed by atoms with Gasteiger partial charge in [-0.15, -0.1) is 0 Å². The normalized spacial score (nSPS) is 24.9. The Balaban J connectivity index is 1.17. The van der Waals surface area contributed by atoms with E-state index < -0.39 is 0 Å². The number of rotatable bonds is 3. The first-order valence-corrected chi connectivity index (χ1v) is 15.7. The molecule has 0 aliphatic heterocycles. The number of fused-ring (bicyclic) bond motifs is 6. The van der Waals surface area contributed by atoms with Crippen LogP contribution in [0.15, 0.2) is 109 Å². The van der Waals surface area contributed by atoms with Crippen molar-refractivity contribution >= 4 is 43.6 Å². The summed E-state index contributed by atoms with van der Waals surface area (Å²) in [5.41, 5.74) is 8.02. The van der Waals surface area contributed by atoms with Crippen molar-refractivity contribution in [3.8, 4) is 11.5 Å². The number of pyridine rings is 1. The van der Waals surface area contributed by atoms with Gasteiger partial charge >= 0.3 is 0 Å². The van der Waals surface area contributed by atoms with E-state index in [9.17, 15) is 0 Å². The van der Waals surface area contributed by atoms with Crippen LogP contribution in [0, 0.1) is 17.8 Å². The zero-order valence-electron chi connectivity index (χ0n) is 23.7. The fourth-order valence-corrected chi connectivity index (χ4v) is 9.88. The van der Waals surface area contributed by atoms with Gasteiger partial charge in [-0.1, -0.05) is 60.7 Å². The lowest BCUT2D eigenvalue weighted by Gasteiger charge is -2.57. The summed E-state index contributed by atoms with van der Waals surface area (Å²) in [6, 6.07) is 38.2. The van der Waals surface area contributed by atoms with Gasteiger partial charge in [0.05, 0.1) is 27.8 Å². The van der Waals surface area contributed by atoms with Gasteiger partial charge in [0, 0.05) is 33.8 Å². The summed E-state index contributed by atoms with van der Waals surface area (Å²) in [6.45, 7) is 0. The van der Waals surface area contributed by atoms with Crippen LogP contribution in [0.4, 0.5) is 0 Å². The number of para-hydroxylation sites is 3. The van der Waals surface area contributed by atoms with Crippen LogP contribution in [-0.4, -0.2) is 14.1 Å². The zero-order chi connectivity index (χ0) is 27.4. The lowest BCUT2D eigenvalue weighted by Crippen LogP contribution is -2.48. The number of nitrogens with zero attached hydrogens (tertiary/aromatic N) is 3. The van der Waals surface area contributed by atoms with E-state index in [2.05, 4.69) is 112 Å². The summed E-state index contributed by atoms with van der Waals surface area (Å²) in [5, 5.41) is 5.24. The number of aromatic nitrogens is 3. The molecule has 42 heavy (non-hydrogen) atoms. The third kappa shape index (κ3) is 3.14. The molecule has 4 aliphatic rings. The molecule has 0 radical (unpaired) electrons. The minimum absolute atomic E-state index is 0.390. The van der Waals surface area contributed by atoms with Crippen LogP contribution in [0.2, 0.25) is 0 Å². The Morgan fingerprint density at radius 1 is 0.524 bits per heavy atom. The van der Waals surface area contributed by atoms with Crippen LogP contribution < -0.4 is 0 Å². The predicted octanol–water partition coefficient (Wildman–Crippen LogP) is 9.74. The number of hydrogen-bond acceptors (Lipinski definition) is 1. The highest BCUT2D eigenvalue weighted by molar-refractivity contribution is 6.10. The first-order chi connectivity index (χ1) is 20.7. The summed E-state index contributed by atoms with van der Waals surface area (Å²) in [6.07, 6.45) is 10.6. The van der Waals surface area contributed by atoms with Crippen LogP contribution in [0.25, 0.3) is 55.1 Å². The van der Waals surface area contributed by atoms with Crippen molar-refractivity contribution in [3.63, 3.8) is 0 Å². The van der Waals surface area contributed by atoms with Gasteiger partial charge in [0.1, 0.15) is 5.82 Å². The van der Waals surface area contributed by atoms with Gasteiger partial charge in [0.2, 0.25) is 0 Å². The molecule has 0 amide bonds. The average molecular weight is 544 g/mol. The standard InChI is InChI=1S/C39H33N3/c1-4-10-34-30(7-1)31-8-2-5-11-35(31)41(34)29-15-16-40-38(21-29)42-36-12-6-3-9-32(36)33-20-28(13-14-37(33)42)39-22-25-17-26(23-39)19-27(18-25)24-39/h1-16,20-21,25-27H,17-19,22-24H2. The van der Waals surface area contributed by atoms with Gasteiger partial charge in [-0.05, 0) is 104 Å². The Bertz CT molecular complexity index is 2110. The molecule has 4 saturated carbocycles. The number of hydrogen-bond donors (Lipinski definition) is 0. The first kappa shape index (κ1) is 23.2. The largest absolute Gasteiger partial charge is 0.309 e. The second kappa shape index (κ2) is 8.35. The van der Waals surface area contributed by atoms with Gasteiger partial charge in [-0.3, -0.25) is 4.57 Å². The van der Waals surface area contributed by atoms with Gasteiger partial charge in [-0.25, -0.2) is 4.98 Å². The lowest BCUT2D eigenvalue weighted by atomic mass is 9.48. The zero-order valence-corrected chi connectivity index (χ0v) is 23.7. The summed E-state index contributed by atoms with van der Waals surface area (Å²) in [4.78, 5) is 4.98. The topological polar surface area (TPSA) is 22.8 Å². The van der Waals surface area contributed by atoms with Crippen molar-refractivity contribution in [2.45, 2.75) is 43.9 Å². The summed E-state index contributed by atoms with van der Waals surface area (Å²) in [5.74, 6) is 3.80. The van der Waals surface area contributed by atoms with Gasteiger partial charge in [0.15, 0.2) is 0 Å². The molecule has 11 rings (SSSR count). The molecule has 4 aromatic carbocycles. The minimum Gasteiger partial charge on any atom is -0.309 e. The van der Waals surface area contributed by atoms with Crippen LogP contribution >= 0.6 is 0 Å². The van der Waals surface area contributed by atoms with Crippen LogP contribution in [0.3, 0.4) is 0 Å². The van der Waals surface area contributed by atoms with E-state index in [1.165, 1.54) is 82.1 Å². The molecule has 204 valence electrons. The molecule has 3 heteroatoms. The van der Waals surface area contributed by atoms with E-state index in [0.717, 1.165) is 29.3 Å². The van der Waals surface area contributed by atoms with Gasteiger partial charge in [0.25, 0.3) is 0 Å². The fourth-order valence-electron chi connectivity index (χ4n) is 9.88. The molecule has 7 aromatic rings. The maximum absolute atomic E-state index is 4.98. The first-order valence-electron chi connectivity index (χ1n) is 15.7. The molecule has 0 unspecified atom stereocenters. The highest BCUT2D eigenvalue weighted by atomic mass is 15.1. The Hall–Kier alpha value is -4.37. The van der Waals surface area contributed by atoms with Gasteiger partial charge in [-0.2, -0.15) is 0 Å². The molecule has 0 atom stereocenters. The molecule has 3 heterocycles. The fraction of sp³-hybridized carbons (Fsp3) is 0.256. The molecular weight excluding hydrogens is 510 g/mol. The van der Waals surface area contributed by atoms with Crippen LogP contribution in [0.1, 0.15) is 44.1 Å². The monoisotopic (exact) mass is 543 g/mol. The van der Waals surface area contributed by atoms with E-state index in [4.69, 9.17) is 4.98 Å². The second-order valence-electron chi connectivity index (χ2n) is 13.5. The Morgan fingerprint density at radius 2 is 1.05 bits per heavy atom. The van der Waals surface area contributed by atoms with E-state index in [1.807, 2.05) is 6.20 Å². The van der Waals surface area contributed by atoms with Crippen molar-refractivity contribution in [1.29, 1.82) is 0 Å². The van der Waals surface area contributed by atoms with Gasteiger partial charge < -0.3 is 4.57 Å². The summed E-state index contributed by atoms with van der Waals surface area (Å²) in [7, 11) is 0. The SMILES string of the molecule is c1ccc2c(c1)c1ccccc1n2-c1ccnc(-n2c3ccccc3c3cc(C45CC6CC(CC(C6)C4)C5)ccc32)c1. The van der Waals surface area contributed by atoms with Crippen molar-refractivity contribution in [2.24, 2.45) is 17.8 Å². The summed E-state index contributed by atoms with van der Waals surface area (Å²) < 4.78 is 4.76. The molecule has 0 saturated heterocycles. The third-order valence-corrected chi connectivity index (χ3v) is 11.1. The summed E-state index contributed by atoms with van der Waals surface area (Å²) >= 11 is 0. The van der Waals surface area contributed by atoms with E-state index >= 15 is 0 Å². The second-order valence-corrected chi connectivity index (χ2v) is 13.5. The van der Waals surface area contributed by atoms with E-state index in [1.54, 1.807) is 5.56 Å². The van der Waals surface area contributed by atoms with Crippen molar-refractivity contribution in [1.82, 2.24) is 14.1 Å². The molecular formula is C39H33N3. The average Bonchev–Trinajstić information content (AvgIpc) is 3.53. The van der Waals surface area contributed by atoms with Crippen LogP contribution in [-0.2, 0) is 5.41 Å². The molecule has 3 aromatic heterocycles. The minimum atomic E-state index is 0.390. The maximum atomic E-state index is 4.98. The molecule has 0 N–H and O–H groups in total.